The molecule has 4 rings (SSSR count). The van der Waals surface area contributed by atoms with Crippen LogP contribution in [0, 0.1) is 25.5 Å². The summed E-state index contributed by atoms with van der Waals surface area (Å²) in [5, 5.41) is 9.22. The first-order chi connectivity index (χ1) is 14.9. The second kappa shape index (κ2) is 8.81. The van der Waals surface area contributed by atoms with Crippen LogP contribution in [0.3, 0.4) is 0 Å². The number of hydrogen-bond donors (Lipinski definition) is 0. The zero-order valence-corrected chi connectivity index (χ0v) is 17.8. The van der Waals surface area contributed by atoms with Crippen LogP contribution in [0.25, 0.3) is 17.1 Å². The number of ketones is 1. The van der Waals surface area contributed by atoms with Gasteiger partial charge in [0.2, 0.25) is 0 Å². The Hall–Kier alpha value is -3.32. The van der Waals surface area contributed by atoms with Crippen LogP contribution in [0.15, 0.2) is 71.9 Å². The summed E-state index contributed by atoms with van der Waals surface area (Å²) in [6.45, 7) is 4.01. The molecule has 0 aliphatic rings. The average Bonchev–Trinajstić information content (AvgIpc) is 3.18. The molecule has 0 saturated heterocycles. The summed E-state index contributed by atoms with van der Waals surface area (Å²) >= 11 is 1.20. The van der Waals surface area contributed by atoms with E-state index in [1.165, 1.54) is 17.8 Å². The lowest BCUT2D eigenvalue weighted by molar-refractivity contribution is 0.102. The number of carbonyl (C=O) groups is 1. The van der Waals surface area contributed by atoms with E-state index in [0.717, 1.165) is 34.5 Å². The predicted molar refractivity (Wildman–Crippen MR) is 118 cm³/mol. The van der Waals surface area contributed by atoms with Crippen molar-refractivity contribution in [3.63, 3.8) is 0 Å². The maximum Gasteiger partial charge on any atom is 0.196 e. The van der Waals surface area contributed by atoms with Gasteiger partial charge in [0.15, 0.2) is 28.4 Å². The number of hydrogen-bond acceptors (Lipinski definition) is 4. The smallest absolute Gasteiger partial charge is 0.196 e. The van der Waals surface area contributed by atoms with Crippen molar-refractivity contribution < 1.29 is 13.6 Å². The molecule has 7 heteroatoms. The van der Waals surface area contributed by atoms with E-state index in [1.807, 2.05) is 66.9 Å². The van der Waals surface area contributed by atoms with E-state index in [-0.39, 0.29) is 17.1 Å². The van der Waals surface area contributed by atoms with Gasteiger partial charge in [-0.3, -0.25) is 9.36 Å². The summed E-state index contributed by atoms with van der Waals surface area (Å²) in [5.41, 5.74) is 4.11. The summed E-state index contributed by atoms with van der Waals surface area (Å²) in [6, 6.07) is 19.0. The standard InChI is InChI=1S/C24H19F2N3OS/c1-15-6-9-19(10-7-15)29-23(18-5-3-4-16(2)12-18)27-28-24(29)31-14-22(30)17-8-11-20(25)21(26)13-17/h3-13H,14H2,1-2H3. The molecule has 0 aliphatic carbocycles. The molecule has 4 aromatic rings. The van der Waals surface area contributed by atoms with E-state index >= 15 is 0 Å². The topological polar surface area (TPSA) is 47.8 Å². The monoisotopic (exact) mass is 435 g/mol. The van der Waals surface area contributed by atoms with E-state index in [4.69, 9.17) is 0 Å². The van der Waals surface area contributed by atoms with Crippen molar-refractivity contribution in [3.05, 3.63) is 95.1 Å². The Labute approximate surface area is 183 Å². The number of carbonyl (C=O) groups excluding carboxylic acids is 1. The van der Waals surface area contributed by atoms with Crippen molar-refractivity contribution in [1.29, 1.82) is 0 Å². The Morgan fingerprint density at radius 2 is 1.68 bits per heavy atom. The summed E-state index contributed by atoms with van der Waals surface area (Å²) < 4.78 is 28.5. The van der Waals surface area contributed by atoms with Crippen LogP contribution in [-0.4, -0.2) is 26.3 Å². The zero-order valence-electron chi connectivity index (χ0n) is 17.0. The molecule has 0 amide bonds. The van der Waals surface area contributed by atoms with Gasteiger partial charge in [0.05, 0.1) is 5.75 Å². The first-order valence-electron chi connectivity index (χ1n) is 9.63. The number of thioether (sulfide) groups is 1. The molecule has 1 heterocycles. The van der Waals surface area contributed by atoms with Crippen molar-refractivity contribution in [2.75, 3.05) is 5.75 Å². The van der Waals surface area contributed by atoms with E-state index in [1.54, 1.807) is 0 Å². The van der Waals surface area contributed by atoms with Gasteiger partial charge in [0.1, 0.15) is 0 Å². The highest BCUT2D eigenvalue weighted by molar-refractivity contribution is 7.99. The molecule has 3 aromatic carbocycles. The molecule has 31 heavy (non-hydrogen) atoms. The molecule has 156 valence electrons. The summed E-state index contributed by atoms with van der Waals surface area (Å²) in [5.74, 6) is -1.66. The van der Waals surface area contributed by atoms with Crippen molar-refractivity contribution in [2.45, 2.75) is 19.0 Å². The highest BCUT2D eigenvalue weighted by atomic mass is 32.2. The minimum absolute atomic E-state index is 0.0168. The Bertz CT molecular complexity index is 1250. The Kier molecular flexibility index (Phi) is 5.95. The number of aryl methyl sites for hydroxylation is 2. The van der Waals surface area contributed by atoms with Gasteiger partial charge in [-0.2, -0.15) is 0 Å². The molecular formula is C24H19F2N3OS. The molecule has 0 aliphatic heterocycles. The molecule has 0 saturated carbocycles. The Morgan fingerprint density at radius 1 is 0.903 bits per heavy atom. The van der Waals surface area contributed by atoms with Crippen LogP contribution >= 0.6 is 11.8 Å². The minimum Gasteiger partial charge on any atom is -0.293 e. The first kappa shape index (κ1) is 20.9. The highest BCUT2D eigenvalue weighted by Gasteiger charge is 2.18. The molecule has 0 unspecified atom stereocenters. The lowest BCUT2D eigenvalue weighted by Crippen LogP contribution is -2.06. The van der Waals surface area contributed by atoms with Crippen molar-refractivity contribution in [3.8, 4) is 17.1 Å². The lowest BCUT2D eigenvalue weighted by atomic mass is 10.1. The minimum atomic E-state index is -1.04. The third-order valence-electron chi connectivity index (χ3n) is 4.78. The number of halogens is 2. The molecule has 0 bridgehead atoms. The fourth-order valence-electron chi connectivity index (χ4n) is 3.14. The van der Waals surface area contributed by atoms with Crippen LogP contribution in [0.1, 0.15) is 21.5 Å². The fourth-order valence-corrected chi connectivity index (χ4v) is 3.99. The maximum atomic E-state index is 13.5. The SMILES string of the molecule is Cc1ccc(-n2c(SCC(=O)c3ccc(F)c(F)c3)nnc2-c2cccc(C)c2)cc1. The molecule has 0 radical (unpaired) electrons. The van der Waals surface area contributed by atoms with Gasteiger partial charge >= 0.3 is 0 Å². The number of nitrogens with zero attached hydrogens (tertiary/aromatic N) is 3. The van der Waals surface area contributed by atoms with Crippen molar-refractivity contribution in [2.24, 2.45) is 0 Å². The summed E-state index contributed by atoms with van der Waals surface area (Å²) in [4.78, 5) is 12.5. The molecule has 0 spiro atoms. The van der Waals surface area contributed by atoms with Gasteiger partial charge in [-0.05, 0) is 50.2 Å². The summed E-state index contributed by atoms with van der Waals surface area (Å²) in [7, 11) is 0. The molecule has 0 N–H and O–H groups in total. The number of rotatable bonds is 6. The number of benzene rings is 3. The predicted octanol–water partition coefficient (Wildman–Crippen LogP) is 5.80. The van der Waals surface area contributed by atoms with Gasteiger partial charge in [0, 0.05) is 16.8 Å². The number of Topliss-reactive ketones (excluding diaryl/α,β-unsaturated/α-hetero) is 1. The Morgan fingerprint density at radius 3 is 2.39 bits per heavy atom. The second-order valence-corrected chi connectivity index (χ2v) is 8.13. The average molecular weight is 435 g/mol. The normalized spacial score (nSPS) is 11.0. The van der Waals surface area contributed by atoms with Crippen LogP contribution < -0.4 is 0 Å². The molecular weight excluding hydrogens is 416 g/mol. The van der Waals surface area contributed by atoms with Gasteiger partial charge < -0.3 is 0 Å². The quantitative estimate of drug-likeness (QED) is 0.283. The van der Waals surface area contributed by atoms with E-state index in [2.05, 4.69) is 10.2 Å². The van der Waals surface area contributed by atoms with Gasteiger partial charge in [0.25, 0.3) is 0 Å². The fraction of sp³-hybridized carbons (Fsp3) is 0.125. The van der Waals surface area contributed by atoms with Crippen molar-refractivity contribution in [1.82, 2.24) is 14.8 Å². The van der Waals surface area contributed by atoms with Crippen LogP contribution in [0.2, 0.25) is 0 Å². The van der Waals surface area contributed by atoms with Crippen molar-refractivity contribution >= 4 is 17.5 Å². The molecule has 1 aromatic heterocycles. The third-order valence-corrected chi connectivity index (χ3v) is 5.70. The van der Waals surface area contributed by atoms with E-state index < -0.39 is 11.6 Å². The maximum absolute atomic E-state index is 13.5. The molecule has 0 atom stereocenters. The third kappa shape index (κ3) is 4.56. The van der Waals surface area contributed by atoms with E-state index in [9.17, 15) is 13.6 Å². The van der Waals surface area contributed by atoms with Crippen LogP contribution in [-0.2, 0) is 0 Å². The van der Waals surface area contributed by atoms with Gasteiger partial charge in [-0.15, -0.1) is 10.2 Å². The molecule has 0 fully saturated rings. The van der Waals surface area contributed by atoms with Gasteiger partial charge in [-0.25, -0.2) is 8.78 Å². The number of aromatic nitrogens is 3. The first-order valence-corrected chi connectivity index (χ1v) is 10.6. The Balaban J connectivity index is 1.68. The lowest BCUT2D eigenvalue weighted by Gasteiger charge is -2.11. The zero-order chi connectivity index (χ0) is 22.0. The summed E-state index contributed by atoms with van der Waals surface area (Å²) in [6.07, 6.45) is 0. The van der Waals surface area contributed by atoms with Crippen LogP contribution in [0.4, 0.5) is 8.78 Å². The van der Waals surface area contributed by atoms with Gasteiger partial charge in [-0.1, -0.05) is 53.2 Å². The second-order valence-electron chi connectivity index (χ2n) is 7.19. The van der Waals surface area contributed by atoms with E-state index in [0.29, 0.717) is 11.0 Å². The largest absolute Gasteiger partial charge is 0.293 e. The molecule has 4 nitrogen and oxygen atoms in total. The van der Waals surface area contributed by atoms with Crippen LogP contribution in [0.5, 0.6) is 0 Å². The highest BCUT2D eigenvalue weighted by Crippen LogP contribution is 2.29.